The summed E-state index contributed by atoms with van der Waals surface area (Å²) in [5, 5.41) is 11.5. The summed E-state index contributed by atoms with van der Waals surface area (Å²) in [6, 6.07) is 6.85. The fourth-order valence-corrected chi connectivity index (χ4v) is 3.63. The van der Waals surface area contributed by atoms with Gasteiger partial charge in [0.05, 0.1) is 16.6 Å². The zero-order chi connectivity index (χ0) is 14.6. The molecule has 1 aromatic rings. The molecule has 1 heterocycles. The van der Waals surface area contributed by atoms with Crippen LogP contribution in [0.15, 0.2) is 29.4 Å². The molecule has 20 heavy (non-hydrogen) atoms. The topological polar surface area (TPSA) is 88.0 Å². The second kappa shape index (κ2) is 6.23. The molecule has 0 aliphatic carbocycles. The van der Waals surface area contributed by atoms with Gasteiger partial charge in [-0.1, -0.05) is 23.4 Å². The second-order valence-corrected chi connectivity index (χ2v) is 6.65. The van der Waals surface area contributed by atoms with Crippen molar-refractivity contribution in [1.82, 2.24) is 0 Å². The molecule has 7 heteroatoms. The first-order valence-electron chi connectivity index (χ1n) is 6.42. The van der Waals surface area contributed by atoms with E-state index < -0.39 is 15.3 Å². The van der Waals surface area contributed by atoms with Crippen LogP contribution in [0.2, 0.25) is 0 Å². The average Bonchev–Trinajstić information content (AvgIpc) is 2.47. The van der Waals surface area contributed by atoms with Crippen LogP contribution >= 0.6 is 0 Å². The Labute approximate surface area is 118 Å². The molecule has 1 fully saturated rings. The zero-order valence-electron chi connectivity index (χ0n) is 11.2. The van der Waals surface area contributed by atoms with Crippen LogP contribution in [0.1, 0.15) is 25.3 Å². The molecule has 0 unspecified atom stereocenters. The summed E-state index contributed by atoms with van der Waals surface area (Å²) in [5.74, 6) is 0. The number of nitrogens with one attached hydrogen (secondary N) is 1. The van der Waals surface area contributed by atoms with Gasteiger partial charge in [-0.3, -0.25) is 4.72 Å². The largest absolute Gasteiger partial charge is 0.411 e. The Morgan fingerprint density at radius 1 is 1.35 bits per heavy atom. The van der Waals surface area contributed by atoms with E-state index in [1.165, 1.54) is 0 Å². The molecular weight excluding hydrogens is 280 g/mol. The Bertz CT molecular complexity index is 592. The molecule has 110 valence electrons. The van der Waals surface area contributed by atoms with Crippen LogP contribution in [0.25, 0.3) is 0 Å². The number of oxime groups is 1. The third-order valence-corrected chi connectivity index (χ3v) is 5.18. The number of benzene rings is 1. The smallest absolute Gasteiger partial charge is 0.235 e. The number of rotatable bonds is 4. The minimum absolute atomic E-state index is 0.357. The predicted octanol–water partition coefficient (Wildman–Crippen LogP) is 1.81. The summed E-state index contributed by atoms with van der Waals surface area (Å²) in [5.41, 5.74) is 1.34. The summed E-state index contributed by atoms with van der Waals surface area (Å²) in [4.78, 5) is 0. The minimum atomic E-state index is -3.47. The predicted molar refractivity (Wildman–Crippen MR) is 76.8 cm³/mol. The van der Waals surface area contributed by atoms with Crippen LogP contribution in [0.4, 0.5) is 5.69 Å². The average molecular weight is 298 g/mol. The van der Waals surface area contributed by atoms with Gasteiger partial charge in [-0.2, -0.15) is 0 Å². The maximum Gasteiger partial charge on any atom is 0.235 e. The second-order valence-electron chi connectivity index (χ2n) is 4.69. The van der Waals surface area contributed by atoms with Crippen LogP contribution in [-0.2, 0) is 14.8 Å². The first-order valence-corrected chi connectivity index (χ1v) is 7.96. The van der Waals surface area contributed by atoms with Gasteiger partial charge < -0.3 is 9.94 Å². The first-order chi connectivity index (χ1) is 9.54. The molecule has 1 aromatic carbocycles. The van der Waals surface area contributed by atoms with Crippen molar-refractivity contribution in [1.29, 1.82) is 0 Å². The van der Waals surface area contributed by atoms with Crippen LogP contribution in [-0.4, -0.2) is 37.8 Å². The summed E-state index contributed by atoms with van der Waals surface area (Å²) < 4.78 is 32.5. The molecule has 0 atom stereocenters. The molecule has 0 saturated carbocycles. The lowest BCUT2D eigenvalue weighted by molar-refractivity contribution is 0.0984. The Hall–Kier alpha value is -1.60. The van der Waals surface area contributed by atoms with E-state index in [0.29, 0.717) is 43.0 Å². The van der Waals surface area contributed by atoms with Crippen molar-refractivity contribution >= 4 is 21.4 Å². The normalized spacial score (nSPS) is 17.9. The molecule has 2 rings (SSSR count). The molecule has 0 aromatic heterocycles. The van der Waals surface area contributed by atoms with Crippen LogP contribution in [0, 0.1) is 0 Å². The monoisotopic (exact) mass is 298 g/mol. The van der Waals surface area contributed by atoms with E-state index in [1.807, 2.05) is 0 Å². The molecule has 0 spiro atoms. The lowest BCUT2D eigenvalue weighted by Gasteiger charge is -2.23. The van der Waals surface area contributed by atoms with Crippen LogP contribution < -0.4 is 4.72 Å². The lowest BCUT2D eigenvalue weighted by Crippen LogP contribution is -2.33. The van der Waals surface area contributed by atoms with Crippen molar-refractivity contribution in [2.45, 2.75) is 25.0 Å². The molecule has 1 saturated heterocycles. The fraction of sp³-hybridized carbons (Fsp3) is 0.462. The highest BCUT2D eigenvalue weighted by Crippen LogP contribution is 2.22. The van der Waals surface area contributed by atoms with Gasteiger partial charge in [0, 0.05) is 18.8 Å². The van der Waals surface area contributed by atoms with E-state index in [2.05, 4.69) is 9.88 Å². The molecule has 1 aliphatic heterocycles. The maximum absolute atomic E-state index is 12.3. The van der Waals surface area contributed by atoms with E-state index in [1.54, 1.807) is 31.2 Å². The number of para-hydroxylation sites is 1. The van der Waals surface area contributed by atoms with Crippen molar-refractivity contribution in [3.8, 4) is 0 Å². The standard InChI is InChI=1S/C13H18N2O4S/c1-10(14-16)12-4-2-3-5-13(12)15-20(17,18)11-6-8-19-9-7-11/h2-5,11,15-16H,6-9H2,1H3. The van der Waals surface area contributed by atoms with Gasteiger partial charge in [-0.15, -0.1) is 0 Å². The van der Waals surface area contributed by atoms with Gasteiger partial charge in [-0.25, -0.2) is 8.42 Å². The SMILES string of the molecule is CC(=NO)c1ccccc1NS(=O)(=O)C1CCOCC1. The molecular formula is C13H18N2O4S. The van der Waals surface area contributed by atoms with Crippen molar-refractivity contribution < 1.29 is 18.4 Å². The third kappa shape index (κ3) is 3.29. The van der Waals surface area contributed by atoms with Gasteiger partial charge in [0.25, 0.3) is 0 Å². The maximum atomic E-state index is 12.3. The highest BCUT2D eigenvalue weighted by molar-refractivity contribution is 7.93. The molecule has 2 N–H and O–H groups in total. The number of hydrogen-bond acceptors (Lipinski definition) is 5. The Morgan fingerprint density at radius 3 is 2.65 bits per heavy atom. The highest BCUT2D eigenvalue weighted by atomic mass is 32.2. The first kappa shape index (κ1) is 14.8. The van der Waals surface area contributed by atoms with Crippen molar-refractivity contribution in [2.24, 2.45) is 5.16 Å². The molecule has 6 nitrogen and oxygen atoms in total. The number of ether oxygens (including phenoxy) is 1. The van der Waals surface area contributed by atoms with Gasteiger partial charge >= 0.3 is 0 Å². The zero-order valence-corrected chi connectivity index (χ0v) is 12.1. The van der Waals surface area contributed by atoms with Gasteiger partial charge in [0.15, 0.2) is 0 Å². The Balaban J connectivity index is 2.25. The van der Waals surface area contributed by atoms with E-state index in [9.17, 15) is 8.42 Å². The van der Waals surface area contributed by atoms with Crippen LogP contribution in [0.3, 0.4) is 0 Å². The number of hydrogen-bond donors (Lipinski definition) is 2. The van der Waals surface area contributed by atoms with E-state index in [-0.39, 0.29) is 0 Å². The quantitative estimate of drug-likeness (QED) is 0.504. The van der Waals surface area contributed by atoms with Gasteiger partial charge in [0.2, 0.25) is 10.0 Å². The Kier molecular flexibility index (Phi) is 4.61. The van der Waals surface area contributed by atoms with Crippen molar-refractivity contribution in [3.63, 3.8) is 0 Å². The summed E-state index contributed by atoms with van der Waals surface area (Å²) in [7, 11) is -3.47. The third-order valence-electron chi connectivity index (χ3n) is 3.33. The molecule has 0 bridgehead atoms. The van der Waals surface area contributed by atoms with E-state index in [0.717, 1.165) is 0 Å². The van der Waals surface area contributed by atoms with E-state index in [4.69, 9.17) is 9.94 Å². The van der Waals surface area contributed by atoms with Crippen LogP contribution in [0.5, 0.6) is 0 Å². The summed E-state index contributed by atoms with van der Waals surface area (Å²) in [6.45, 7) is 2.54. The van der Waals surface area contributed by atoms with E-state index >= 15 is 0 Å². The molecule has 1 aliphatic rings. The number of anilines is 1. The summed E-state index contributed by atoms with van der Waals surface area (Å²) in [6.07, 6.45) is 0.981. The fourth-order valence-electron chi connectivity index (χ4n) is 2.16. The number of nitrogens with zero attached hydrogens (tertiary/aromatic N) is 1. The Morgan fingerprint density at radius 2 is 2.00 bits per heavy atom. The highest BCUT2D eigenvalue weighted by Gasteiger charge is 2.28. The van der Waals surface area contributed by atoms with Gasteiger partial charge in [0.1, 0.15) is 0 Å². The number of sulfonamides is 1. The van der Waals surface area contributed by atoms with Gasteiger partial charge in [-0.05, 0) is 25.8 Å². The summed E-state index contributed by atoms with van der Waals surface area (Å²) >= 11 is 0. The van der Waals surface area contributed by atoms with Crippen molar-refractivity contribution in [3.05, 3.63) is 29.8 Å². The molecule has 0 radical (unpaired) electrons. The van der Waals surface area contributed by atoms with Crippen molar-refractivity contribution in [2.75, 3.05) is 17.9 Å². The molecule has 0 amide bonds. The minimum Gasteiger partial charge on any atom is -0.411 e. The lowest BCUT2D eigenvalue weighted by atomic mass is 10.1.